The van der Waals surface area contributed by atoms with Gasteiger partial charge in [-0.25, -0.2) is 9.78 Å². The van der Waals surface area contributed by atoms with Gasteiger partial charge >= 0.3 is 6.03 Å². The maximum atomic E-state index is 12.5. The molecule has 2 aromatic rings. The number of hydrogen-bond acceptors (Lipinski definition) is 6. The average Bonchev–Trinajstić information content (AvgIpc) is 2.66. The highest BCUT2D eigenvalue weighted by atomic mass is 16.5. The number of aromatic nitrogens is 1. The van der Waals surface area contributed by atoms with Crippen molar-refractivity contribution in [1.29, 1.82) is 5.41 Å². The van der Waals surface area contributed by atoms with Gasteiger partial charge in [0, 0.05) is 20.2 Å². The average molecular weight is 384 g/mol. The number of anilines is 2. The third-order valence-electron chi connectivity index (χ3n) is 3.98. The number of ether oxygens (including phenoxy) is 1. The van der Waals surface area contributed by atoms with Crippen LogP contribution in [0.4, 0.5) is 16.3 Å². The monoisotopic (exact) mass is 384 g/mol. The van der Waals surface area contributed by atoms with E-state index in [0.29, 0.717) is 0 Å². The van der Waals surface area contributed by atoms with E-state index in [-0.39, 0.29) is 34.7 Å². The molecule has 0 fully saturated rings. The maximum absolute atomic E-state index is 12.5. The standard InChI is InChI=1S/C19H24N6O3/c1-11(12-8-6-5-7-9-12)22-19(27)24-14-10-13(20)15(17(21)28-4)16(23-14)18(26)25(2)3/h5-11,21H,1-4H3,(H4,20,22,23,24,27)/t11-/m1/s1. The van der Waals surface area contributed by atoms with Crippen LogP contribution in [0, 0.1) is 5.41 Å². The van der Waals surface area contributed by atoms with E-state index < -0.39 is 11.9 Å². The van der Waals surface area contributed by atoms with Crippen LogP contribution >= 0.6 is 0 Å². The highest BCUT2D eigenvalue weighted by Crippen LogP contribution is 2.22. The van der Waals surface area contributed by atoms with Crippen LogP contribution in [0.5, 0.6) is 0 Å². The van der Waals surface area contributed by atoms with Crippen LogP contribution in [0.15, 0.2) is 36.4 Å². The SMILES string of the molecule is COC(=N)c1c(N)cc(NC(=O)N[C@H](C)c2ccccc2)nc1C(=O)N(C)C. The normalized spacial score (nSPS) is 11.3. The van der Waals surface area contributed by atoms with Crippen molar-refractivity contribution in [2.45, 2.75) is 13.0 Å². The Morgan fingerprint density at radius 3 is 2.46 bits per heavy atom. The number of benzene rings is 1. The Morgan fingerprint density at radius 1 is 1.25 bits per heavy atom. The Morgan fingerprint density at radius 2 is 1.89 bits per heavy atom. The number of urea groups is 1. The molecule has 2 rings (SSSR count). The zero-order valence-electron chi connectivity index (χ0n) is 16.2. The van der Waals surface area contributed by atoms with Gasteiger partial charge < -0.3 is 20.7 Å². The summed E-state index contributed by atoms with van der Waals surface area (Å²) < 4.78 is 4.90. The van der Waals surface area contributed by atoms with Gasteiger partial charge in [0.2, 0.25) is 5.90 Å². The second-order valence-electron chi connectivity index (χ2n) is 6.28. The quantitative estimate of drug-likeness (QED) is 0.463. The van der Waals surface area contributed by atoms with E-state index in [1.54, 1.807) is 14.1 Å². The Kier molecular flexibility index (Phi) is 6.54. The summed E-state index contributed by atoms with van der Waals surface area (Å²) in [5.41, 5.74) is 7.03. The topological polar surface area (TPSA) is 133 Å². The molecule has 1 aromatic carbocycles. The molecular formula is C19H24N6O3. The summed E-state index contributed by atoms with van der Waals surface area (Å²) in [6.45, 7) is 1.85. The molecule has 0 unspecified atom stereocenters. The van der Waals surface area contributed by atoms with Crippen LogP contribution < -0.4 is 16.4 Å². The van der Waals surface area contributed by atoms with Crippen molar-refractivity contribution in [3.63, 3.8) is 0 Å². The molecule has 0 aliphatic heterocycles. The number of methoxy groups -OCH3 is 1. The molecule has 0 radical (unpaired) electrons. The van der Waals surface area contributed by atoms with E-state index in [9.17, 15) is 9.59 Å². The van der Waals surface area contributed by atoms with Gasteiger partial charge in [-0.05, 0) is 12.5 Å². The summed E-state index contributed by atoms with van der Waals surface area (Å²) in [6, 6.07) is 10.1. The van der Waals surface area contributed by atoms with Crippen LogP contribution in [-0.4, -0.2) is 48.9 Å². The van der Waals surface area contributed by atoms with Crippen LogP contribution in [0.2, 0.25) is 0 Å². The molecule has 0 saturated carbocycles. The number of hydrogen-bond donors (Lipinski definition) is 4. The molecule has 9 nitrogen and oxygen atoms in total. The lowest BCUT2D eigenvalue weighted by Crippen LogP contribution is -2.32. The van der Waals surface area contributed by atoms with E-state index in [4.69, 9.17) is 15.9 Å². The number of nitrogens with one attached hydrogen (secondary N) is 3. The van der Waals surface area contributed by atoms with Crippen molar-refractivity contribution in [3.8, 4) is 0 Å². The van der Waals surface area contributed by atoms with Crippen molar-refractivity contribution >= 4 is 29.3 Å². The number of pyridine rings is 1. The molecule has 28 heavy (non-hydrogen) atoms. The van der Waals surface area contributed by atoms with E-state index >= 15 is 0 Å². The lowest BCUT2D eigenvalue weighted by Gasteiger charge is -2.18. The third-order valence-corrected chi connectivity index (χ3v) is 3.98. The number of carbonyl (C=O) groups is 2. The Hall–Kier alpha value is -3.62. The van der Waals surface area contributed by atoms with Crippen LogP contribution in [0.1, 0.15) is 34.6 Å². The molecule has 0 aliphatic rings. The van der Waals surface area contributed by atoms with Gasteiger partial charge in [-0.2, -0.15) is 0 Å². The van der Waals surface area contributed by atoms with E-state index in [1.165, 1.54) is 18.1 Å². The second kappa shape index (κ2) is 8.85. The minimum absolute atomic E-state index is 0.0739. The fourth-order valence-electron chi connectivity index (χ4n) is 2.51. The number of nitrogens with zero attached hydrogens (tertiary/aromatic N) is 2. The lowest BCUT2D eigenvalue weighted by molar-refractivity contribution is 0.0821. The highest BCUT2D eigenvalue weighted by Gasteiger charge is 2.23. The minimum Gasteiger partial charge on any atom is -0.481 e. The van der Waals surface area contributed by atoms with Crippen LogP contribution in [0.25, 0.3) is 0 Å². The molecular weight excluding hydrogens is 360 g/mol. The predicted molar refractivity (Wildman–Crippen MR) is 108 cm³/mol. The summed E-state index contributed by atoms with van der Waals surface area (Å²) in [4.78, 5) is 30.3. The molecule has 1 heterocycles. The fraction of sp³-hybridized carbons (Fsp3) is 0.263. The van der Waals surface area contributed by atoms with Crippen LogP contribution in [-0.2, 0) is 4.74 Å². The summed E-state index contributed by atoms with van der Waals surface area (Å²) >= 11 is 0. The molecule has 0 bridgehead atoms. The largest absolute Gasteiger partial charge is 0.481 e. The molecule has 0 saturated heterocycles. The van der Waals surface area contributed by atoms with Gasteiger partial charge in [-0.15, -0.1) is 0 Å². The van der Waals surface area contributed by atoms with Crippen molar-refractivity contribution in [1.82, 2.24) is 15.2 Å². The molecule has 3 amide bonds. The molecule has 1 atom stereocenters. The summed E-state index contributed by atoms with van der Waals surface area (Å²) in [6.07, 6.45) is 0. The van der Waals surface area contributed by atoms with Crippen molar-refractivity contribution < 1.29 is 14.3 Å². The van der Waals surface area contributed by atoms with Crippen molar-refractivity contribution in [2.24, 2.45) is 0 Å². The minimum atomic E-state index is -0.499. The Balaban J connectivity index is 2.27. The lowest BCUT2D eigenvalue weighted by atomic mass is 10.1. The van der Waals surface area contributed by atoms with E-state index in [1.807, 2.05) is 37.3 Å². The Bertz CT molecular complexity index is 883. The molecule has 5 N–H and O–H groups in total. The first-order chi connectivity index (χ1) is 13.2. The zero-order valence-corrected chi connectivity index (χ0v) is 16.2. The molecule has 148 valence electrons. The fourth-order valence-corrected chi connectivity index (χ4v) is 2.51. The van der Waals surface area contributed by atoms with Gasteiger partial charge in [0.1, 0.15) is 11.5 Å². The first kappa shape index (κ1) is 20.7. The molecule has 0 spiro atoms. The van der Waals surface area contributed by atoms with Crippen molar-refractivity contribution in [3.05, 3.63) is 53.2 Å². The van der Waals surface area contributed by atoms with Crippen molar-refractivity contribution in [2.75, 3.05) is 32.3 Å². The number of rotatable bonds is 5. The highest BCUT2D eigenvalue weighted by molar-refractivity contribution is 6.08. The van der Waals surface area contributed by atoms with Gasteiger partial charge in [0.05, 0.1) is 24.4 Å². The van der Waals surface area contributed by atoms with Gasteiger partial charge in [0.15, 0.2) is 0 Å². The number of nitrogen functional groups attached to an aromatic ring is 1. The molecule has 9 heteroatoms. The first-order valence-electron chi connectivity index (χ1n) is 8.52. The second-order valence-corrected chi connectivity index (χ2v) is 6.28. The number of amides is 3. The molecule has 1 aromatic heterocycles. The predicted octanol–water partition coefficient (Wildman–Crippen LogP) is 2.22. The summed E-state index contributed by atoms with van der Waals surface area (Å²) in [5.74, 6) is -0.665. The van der Waals surface area contributed by atoms with Gasteiger partial charge in [-0.3, -0.25) is 15.5 Å². The Labute approximate surface area is 163 Å². The summed E-state index contributed by atoms with van der Waals surface area (Å²) in [5, 5.41) is 13.3. The van der Waals surface area contributed by atoms with Gasteiger partial charge in [-0.1, -0.05) is 30.3 Å². The number of nitrogens with two attached hydrogens (primary N) is 1. The summed E-state index contributed by atoms with van der Waals surface area (Å²) in [7, 11) is 4.40. The number of carbonyl (C=O) groups excluding carboxylic acids is 2. The maximum Gasteiger partial charge on any atom is 0.320 e. The zero-order chi connectivity index (χ0) is 20.8. The van der Waals surface area contributed by atoms with E-state index in [0.717, 1.165) is 5.56 Å². The molecule has 0 aliphatic carbocycles. The smallest absolute Gasteiger partial charge is 0.320 e. The van der Waals surface area contributed by atoms with E-state index in [2.05, 4.69) is 15.6 Å². The first-order valence-corrected chi connectivity index (χ1v) is 8.52. The van der Waals surface area contributed by atoms with Crippen LogP contribution in [0.3, 0.4) is 0 Å². The third kappa shape index (κ3) is 4.76. The van der Waals surface area contributed by atoms with Gasteiger partial charge in [0.25, 0.3) is 5.91 Å².